The van der Waals surface area contributed by atoms with Gasteiger partial charge in [0.2, 0.25) is 0 Å². The molecule has 2 heterocycles. The summed E-state index contributed by atoms with van der Waals surface area (Å²) in [4.78, 5) is 18.9. The Morgan fingerprint density at radius 2 is 1.96 bits per heavy atom. The topological polar surface area (TPSA) is 45.2 Å². The Morgan fingerprint density at radius 1 is 1.21 bits per heavy atom. The number of nitrogens with zero attached hydrogens (tertiary/aromatic N) is 2. The van der Waals surface area contributed by atoms with E-state index in [0.29, 0.717) is 12.1 Å². The molecule has 0 spiro atoms. The van der Waals surface area contributed by atoms with Crippen LogP contribution in [0, 0.1) is 5.92 Å². The summed E-state index contributed by atoms with van der Waals surface area (Å²) in [6.45, 7) is 5.02. The summed E-state index contributed by atoms with van der Waals surface area (Å²) in [5.41, 5.74) is 2.92. The number of rotatable bonds is 5. The molecule has 0 bridgehead atoms. The van der Waals surface area contributed by atoms with Crippen LogP contribution in [0.15, 0.2) is 48.8 Å². The molecule has 24 heavy (non-hydrogen) atoms. The first-order valence-corrected chi connectivity index (χ1v) is 8.74. The van der Waals surface area contributed by atoms with Crippen LogP contribution in [-0.2, 0) is 6.42 Å². The van der Waals surface area contributed by atoms with Gasteiger partial charge < -0.3 is 10.2 Å². The second-order valence-electron chi connectivity index (χ2n) is 6.59. The molecule has 0 aliphatic carbocycles. The van der Waals surface area contributed by atoms with Crippen LogP contribution in [-0.4, -0.2) is 30.5 Å². The molecule has 0 unspecified atom stereocenters. The average Bonchev–Trinajstić information content (AvgIpc) is 2.63. The summed E-state index contributed by atoms with van der Waals surface area (Å²) < 4.78 is 0. The second kappa shape index (κ2) is 7.95. The van der Waals surface area contributed by atoms with Gasteiger partial charge in [0, 0.05) is 25.8 Å². The predicted molar refractivity (Wildman–Crippen MR) is 97.3 cm³/mol. The van der Waals surface area contributed by atoms with Crippen LogP contribution in [0.1, 0.15) is 35.7 Å². The molecule has 4 heteroatoms. The van der Waals surface area contributed by atoms with E-state index >= 15 is 0 Å². The molecule has 1 N–H and O–H groups in total. The number of anilines is 1. The Balaban J connectivity index is 1.56. The van der Waals surface area contributed by atoms with Crippen molar-refractivity contribution in [1.82, 2.24) is 10.3 Å². The zero-order valence-electron chi connectivity index (χ0n) is 14.2. The van der Waals surface area contributed by atoms with Crippen LogP contribution >= 0.6 is 0 Å². The fourth-order valence-electron chi connectivity index (χ4n) is 3.06. The third-order valence-electron chi connectivity index (χ3n) is 4.68. The van der Waals surface area contributed by atoms with Crippen LogP contribution in [0.5, 0.6) is 0 Å². The quantitative estimate of drug-likeness (QED) is 0.918. The van der Waals surface area contributed by atoms with Gasteiger partial charge in [-0.3, -0.25) is 9.78 Å². The number of hydrogen-bond donors (Lipinski definition) is 1. The molecule has 2 aromatic rings. The van der Waals surface area contributed by atoms with Crippen molar-refractivity contribution in [2.24, 2.45) is 5.92 Å². The van der Waals surface area contributed by atoms with Gasteiger partial charge in [0.15, 0.2) is 0 Å². The summed E-state index contributed by atoms with van der Waals surface area (Å²) in [7, 11) is 0. The zero-order valence-corrected chi connectivity index (χ0v) is 14.2. The maximum atomic E-state index is 12.4. The Labute approximate surface area is 143 Å². The van der Waals surface area contributed by atoms with E-state index < -0.39 is 0 Å². The van der Waals surface area contributed by atoms with Crippen molar-refractivity contribution < 1.29 is 4.79 Å². The lowest BCUT2D eigenvalue weighted by Gasteiger charge is -2.32. The minimum absolute atomic E-state index is 0.0503. The monoisotopic (exact) mass is 323 g/mol. The lowest BCUT2D eigenvalue weighted by atomic mass is 9.99. The fraction of sp³-hybridized carbons (Fsp3) is 0.400. The van der Waals surface area contributed by atoms with E-state index in [4.69, 9.17) is 0 Å². The molecule has 1 aliphatic heterocycles. The molecule has 126 valence electrons. The van der Waals surface area contributed by atoms with E-state index in [1.807, 2.05) is 30.5 Å². The molecule has 4 nitrogen and oxygen atoms in total. The molecule has 1 aromatic carbocycles. The molecule has 1 aliphatic rings. The minimum Gasteiger partial charge on any atom is -0.370 e. The highest BCUT2D eigenvalue weighted by atomic mass is 16.1. The lowest BCUT2D eigenvalue weighted by Crippen LogP contribution is -2.33. The van der Waals surface area contributed by atoms with Gasteiger partial charge in [-0.15, -0.1) is 0 Å². The average molecular weight is 323 g/mol. The van der Waals surface area contributed by atoms with Gasteiger partial charge in [0.05, 0.1) is 17.4 Å². The number of aromatic nitrogens is 1. The maximum absolute atomic E-state index is 12.4. The molecule has 1 fully saturated rings. The first-order valence-electron chi connectivity index (χ1n) is 8.74. The molecule has 1 saturated heterocycles. The van der Waals surface area contributed by atoms with Crippen molar-refractivity contribution in [2.45, 2.75) is 26.2 Å². The number of carbonyl (C=O) groups excluding carboxylic acids is 1. The molecule has 3 rings (SSSR count). The van der Waals surface area contributed by atoms with E-state index in [2.05, 4.69) is 34.3 Å². The second-order valence-corrected chi connectivity index (χ2v) is 6.59. The van der Waals surface area contributed by atoms with Crippen molar-refractivity contribution in [3.63, 3.8) is 0 Å². The highest BCUT2D eigenvalue weighted by molar-refractivity contribution is 5.94. The van der Waals surface area contributed by atoms with Crippen molar-refractivity contribution in [3.8, 4) is 0 Å². The van der Waals surface area contributed by atoms with E-state index in [1.165, 1.54) is 18.4 Å². The van der Waals surface area contributed by atoms with Crippen LogP contribution in [0.2, 0.25) is 0 Å². The Bertz CT molecular complexity index is 664. The number of hydrogen-bond acceptors (Lipinski definition) is 3. The van der Waals surface area contributed by atoms with Crippen molar-refractivity contribution >= 4 is 11.6 Å². The summed E-state index contributed by atoms with van der Waals surface area (Å²) in [5.74, 6) is 0.740. The third-order valence-corrected chi connectivity index (χ3v) is 4.68. The highest BCUT2D eigenvalue weighted by Gasteiger charge is 2.17. The molecule has 0 radical (unpaired) electrons. The number of benzene rings is 1. The SMILES string of the molecule is CC1CCN(c2cncc(C(=O)NCCc3ccccc3)c2)CC1. The van der Waals surface area contributed by atoms with E-state index in [0.717, 1.165) is 31.1 Å². The standard InChI is InChI=1S/C20H25N3O/c1-16-8-11-23(12-9-16)19-13-18(14-21-15-19)20(24)22-10-7-17-5-3-2-4-6-17/h2-6,13-16H,7-12H2,1H3,(H,22,24). The number of pyridine rings is 1. The van der Waals surface area contributed by atoms with Gasteiger partial charge in [-0.25, -0.2) is 0 Å². The normalized spacial score (nSPS) is 15.3. The zero-order chi connectivity index (χ0) is 16.8. The van der Waals surface area contributed by atoms with Gasteiger partial charge in [0.1, 0.15) is 0 Å². The predicted octanol–water partition coefficient (Wildman–Crippen LogP) is 3.29. The van der Waals surface area contributed by atoms with E-state index in [1.54, 1.807) is 6.20 Å². The number of nitrogens with one attached hydrogen (secondary N) is 1. The van der Waals surface area contributed by atoms with Crippen molar-refractivity contribution in [3.05, 3.63) is 59.9 Å². The van der Waals surface area contributed by atoms with Crippen molar-refractivity contribution in [1.29, 1.82) is 0 Å². The first-order chi connectivity index (χ1) is 11.7. The van der Waals surface area contributed by atoms with Gasteiger partial charge in [0.25, 0.3) is 5.91 Å². The van der Waals surface area contributed by atoms with Crippen LogP contribution in [0.4, 0.5) is 5.69 Å². The summed E-state index contributed by atoms with van der Waals surface area (Å²) in [5, 5.41) is 2.99. The largest absolute Gasteiger partial charge is 0.370 e. The Morgan fingerprint density at radius 3 is 2.71 bits per heavy atom. The molecule has 0 saturated carbocycles. The summed E-state index contributed by atoms with van der Waals surface area (Å²) >= 11 is 0. The highest BCUT2D eigenvalue weighted by Crippen LogP contribution is 2.22. The van der Waals surface area contributed by atoms with Crippen LogP contribution < -0.4 is 10.2 Å². The maximum Gasteiger partial charge on any atom is 0.252 e. The molecular weight excluding hydrogens is 298 g/mol. The van der Waals surface area contributed by atoms with E-state index in [9.17, 15) is 4.79 Å². The minimum atomic E-state index is -0.0503. The molecule has 1 amide bonds. The Kier molecular flexibility index (Phi) is 5.47. The smallest absolute Gasteiger partial charge is 0.252 e. The van der Waals surface area contributed by atoms with E-state index in [-0.39, 0.29) is 5.91 Å². The third kappa shape index (κ3) is 4.34. The summed E-state index contributed by atoms with van der Waals surface area (Å²) in [6, 6.07) is 12.1. The molecule has 0 atom stereocenters. The lowest BCUT2D eigenvalue weighted by molar-refractivity contribution is 0.0954. The van der Waals surface area contributed by atoms with Gasteiger partial charge in [-0.05, 0) is 36.8 Å². The van der Waals surface area contributed by atoms with Gasteiger partial charge in [-0.2, -0.15) is 0 Å². The summed E-state index contributed by atoms with van der Waals surface area (Å²) in [6.07, 6.45) is 6.75. The first kappa shape index (κ1) is 16.5. The number of piperidine rings is 1. The van der Waals surface area contributed by atoms with Crippen LogP contribution in [0.25, 0.3) is 0 Å². The molecule has 1 aromatic heterocycles. The number of amides is 1. The fourth-order valence-corrected chi connectivity index (χ4v) is 3.06. The van der Waals surface area contributed by atoms with Gasteiger partial charge in [-0.1, -0.05) is 37.3 Å². The molecular formula is C20H25N3O. The van der Waals surface area contributed by atoms with Crippen LogP contribution in [0.3, 0.4) is 0 Å². The van der Waals surface area contributed by atoms with Gasteiger partial charge >= 0.3 is 0 Å². The van der Waals surface area contributed by atoms with Crippen molar-refractivity contribution in [2.75, 3.05) is 24.5 Å². The number of carbonyl (C=O) groups is 1. The Hall–Kier alpha value is -2.36.